The summed E-state index contributed by atoms with van der Waals surface area (Å²) in [6, 6.07) is 8.26. The van der Waals surface area contributed by atoms with Crippen molar-refractivity contribution in [3.05, 3.63) is 24.3 Å². The number of benzene rings is 1. The van der Waals surface area contributed by atoms with Crippen molar-refractivity contribution in [1.29, 1.82) is 0 Å². The molecular formula is C18H31O2P. The Hall–Kier alpha value is -0.750. The Bertz CT molecular complexity index is 405. The Balaban J connectivity index is 2.32. The molecule has 2 nitrogen and oxygen atoms in total. The van der Waals surface area contributed by atoms with E-state index in [4.69, 9.17) is 9.05 Å². The van der Waals surface area contributed by atoms with Crippen molar-refractivity contribution in [2.24, 2.45) is 0 Å². The molecule has 0 radical (unpaired) electrons. The summed E-state index contributed by atoms with van der Waals surface area (Å²) in [5.41, 5.74) is 0. The zero-order chi connectivity index (χ0) is 15.2. The molecule has 0 amide bonds. The average Bonchev–Trinajstić information content (AvgIpc) is 2.85. The summed E-state index contributed by atoms with van der Waals surface area (Å²) in [7, 11) is -2.54. The van der Waals surface area contributed by atoms with Crippen LogP contribution in [0.3, 0.4) is 0 Å². The Morgan fingerprint density at radius 1 is 0.714 bits per heavy atom. The molecule has 0 N–H and O–H groups in total. The molecule has 120 valence electrons. The number of rotatable bonds is 9. The molecule has 1 heterocycles. The zero-order valence-corrected chi connectivity index (χ0v) is 14.8. The molecule has 0 atom stereocenters. The molecule has 21 heavy (non-hydrogen) atoms. The zero-order valence-electron chi connectivity index (χ0n) is 13.9. The molecule has 3 heteroatoms. The Morgan fingerprint density at radius 3 is 1.43 bits per heavy atom. The van der Waals surface area contributed by atoms with Crippen LogP contribution in [0.4, 0.5) is 0 Å². The van der Waals surface area contributed by atoms with Crippen molar-refractivity contribution in [1.82, 2.24) is 0 Å². The fourth-order valence-electron chi connectivity index (χ4n) is 3.26. The van der Waals surface area contributed by atoms with Crippen LogP contribution >= 0.6 is 7.06 Å². The molecule has 1 aliphatic heterocycles. The van der Waals surface area contributed by atoms with E-state index in [-0.39, 0.29) is 0 Å². The van der Waals surface area contributed by atoms with Crippen LogP contribution in [0.15, 0.2) is 24.3 Å². The first-order valence-electron chi connectivity index (χ1n) is 8.67. The van der Waals surface area contributed by atoms with Gasteiger partial charge in [0.25, 0.3) is 0 Å². The number of fused-ring (bicyclic) bond motifs is 1. The van der Waals surface area contributed by atoms with Gasteiger partial charge in [-0.2, -0.15) is 0 Å². The monoisotopic (exact) mass is 310 g/mol. The second kappa shape index (κ2) is 7.01. The molecule has 1 aromatic carbocycles. The van der Waals surface area contributed by atoms with E-state index in [2.05, 4.69) is 45.0 Å². The van der Waals surface area contributed by atoms with Gasteiger partial charge < -0.3 is 0 Å². The minimum atomic E-state index is -2.54. The maximum atomic E-state index is 6.70. The van der Waals surface area contributed by atoms with E-state index < -0.39 is 7.06 Å². The van der Waals surface area contributed by atoms with E-state index >= 15 is 0 Å². The quantitative estimate of drug-likeness (QED) is 0.502. The van der Waals surface area contributed by atoms with Gasteiger partial charge in [-0.1, -0.05) is 0 Å². The Labute approximate surface area is 130 Å². The normalized spacial score (nSPS) is 19.9. The molecule has 0 unspecified atom stereocenters. The van der Waals surface area contributed by atoms with Gasteiger partial charge in [0, 0.05) is 0 Å². The van der Waals surface area contributed by atoms with Crippen LogP contribution in [0, 0.1) is 0 Å². The number of hydrogen-bond acceptors (Lipinski definition) is 2. The number of hydrogen-bond donors (Lipinski definition) is 0. The van der Waals surface area contributed by atoms with Crippen LogP contribution in [-0.4, -0.2) is 18.5 Å². The molecule has 1 aromatic rings. The van der Waals surface area contributed by atoms with E-state index in [1.165, 1.54) is 38.5 Å². The average molecular weight is 310 g/mol. The second-order valence-corrected chi connectivity index (χ2v) is 11.1. The molecular weight excluding hydrogens is 279 g/mol. The van der Waals surface area contributed by atoms with Crippen molar-refractivity contribution in [3.63, 3.8) is 0 Å². The second-order valence-electron chi connectivity index (χ2n) is 6.38. The first-order valence-corrected chi connectivity index (χ1v) is 11.3. The van der Waals surface area contributed by atoms with E-state index in [0.29, 0.717) is 0 Å². The predicted molar refractivity (Wildman–Crippen MR) is 93.9 cm³/mol. The third-order valence-electron chi connectivity index (χ3n) is 4.54. The third kappa shape index (κ3) is 3.54. The first kappa shape index (κ1) is 16.6. The van der Waals surface area contributed by atoms with Gasteiger partial charge in [-0.3, -0.25) is 0 Å². The topological polar surface area (TPSA) is 18.5 Å². The van der Waals surface area contributed by atoms with Gasteiger partial charge in [0.1, 0.15) is 0 Å². The van der Waals surface area contributed by atoms with Crippen molar-refractivity contribution >= 4 is 7.06 Å². The molecule has 0 aliphatic carbocycles. The summed E-state index contributed by atoms with van der Waals surface area (Å²) >= 11 is 0. The van der Waals surface area contributed by atoms with E-state index in [1.54, 1.807) is 0 Å². The Morgan fingerprint density at radius 2 is 1.10 bits per heavy atom. The maximum absolute atomic E-state index is 6.70. The summed E-state index contributed by atoms with van der Waals surface area (Å²) in [6.45, 7) is 6.78. The fraction of sp³-hybridized carbons (Fsp3) is 0.667. The van der Waals surface area contributed by atoms with Crippen molar-refractivity contribution in [2.75, 3.05) is 18.5 Å². The number of para-hydroxylation sites is 2. The van der Waals surface area contributed by atoms with Crippen LogP contribution < -0.4 is 9.05 Å². The van der Waals surface area contributed by atoms with Gasteiger partial charge in [0.2, 0.25) is 0 Å². The molecule has 1 aliphatic rings. The fourth-order valence-corrected chi connectivity index (χ4v) is 8.88. The predicted octanol–water partition coefficient (Wildman–Crippen LogP) is 6.24. The molecule has 0 saturated heterocycles. The molecule has 0 saturated carbocycles. The van der Waals surface area contributed by atoms with Crippen LogP contribution in [0.1, 0.15) is 59.3 Å². The third-order valence-corrected chi connectivity index (χ3v) is 9.80. The molecule has 0 spiro atoms. The Kier molecular flexibility index (Phi) is 5.54. The molecule has 0 aromatic heterocycles. The molecule has 0 bridgehead atoms. The van der Waals surface area contributed by atoms with Crippen LogP contribution in [0.5, 0.6) is 11.5 Å². The van der Waals surface area contributed by atoms with Crippen LogP contribution in [0.25, 0.3) is 0 Å². The number of unbranched alkanes of at least 4 members (excludes halogenated alkanes) is 3. The van der Waals surface area contributed by atoms with Gasteiger partial charge in [-0.25, -0.2) is 0 Å². The van der Waals surface area contributed by atoms with E-state index in [0.717, 1.165) is 30.0 Å². The summed E-state index contributed by atoms with van der Waals surface area (Å²) in [4.78, 5) is 0. The van der Waals surface area contributed by atoms with Gasteiger partial charge >= 0.3 is 130 Å². The van der Waals surface area contributed by atoms with E-state index in [1.807, 2.05) is 0 Å². The van der Waals surface area contributed by atoms with Gasteiger partial charge in [-0.05, 0) is 0 Å². The first-order chi connectivity index (χ1) is 10.2. The van der Waals surface area contributed by atoms with Crippen LogP contribution in [-0.2, 0) is 0 Å². The van der Waals surface area contributed by atoms with Gasteiger partial charge in [-0.15, -0.1) is 0 Å². The van der Waals surface area contributed by atoms with Crippen LogP contribution in [0.2, 0.25) is 0 Å². The standard InChI is InChI=1S/C18H31O2P/c1-4-7-14-21(15-8-5-2,16-9-6-3)19-17-12-10-11-13-18(17)20-21/h10-13H,4-9,14-16H2,1-3H3. The van der Waals surface area contributed by atoms with Gasteiger partial charge in [0.05, 0.1) is 0 Å². The van der Waals surface area contributed by atoms with Crippen molar-refractivity contribution < 1.29 is 9.05 Å². The summed E-state index contributed by atoms with van der Waals surface area (Å²) in [5.74, 6) is 1.97. The summed E-state index contributed by atoms with van der Waals surface area (Å²) < 4.78 is 13.4. The van der Waals surface area contributed by atoms with Crippen molar-refractivity contribution in [3.8, 4) is 11.5 Å². The van der Waals surface area contributed by atoms with Gasteiger partial charge in [0.15, 0.2) is 0 Å². The summed E-state index contributed by atoms with van der Waals surface area (Å²) in [5, 5.41) is 0. The van der Waals surface area contributed by atoms with Crippen molar-refractivity contribution in [2.45, 2.75) is 59.3 Å². The van der Waals surface area contributed by atoms with E-state index in [9.17, 15) is 0 Å². The molecule has 0 fully saturated rings. The minimum absolute atomic E-state index is 0.985. The summed E-state index contributed by atoms with van der Waals surface area (Å²) in [6.07, 6.45) is 10.6. The SMILES string of the molecule is CCCCP1(CCCC)(CCCC)Oc2ccccc2O1. The molecule has 2 rings (SSSR count).